The van der Waals surface area contributed by atoms with Gasteiger partial charge >= 0.3 is 0 Å². The van der Waals surface area contributed by atoms with Gasteiger partial charge in [0.2, 0.25) is 0 Å². The van der Waals surface area contributed by atoms with Crippen LogP contribution in [0.1, 0.15) is 79.9 Å². The average molecular weight is 459 g/mol. The number of hydrogen-bond acceptors (Lipinski definition) is 2. The highest BCUT2D eigenvalue weighted by atomic mass is 19.2. The van der Waals surface area contributed by atoms with E-state index in [1.165, 1.54) is 13.2 Å². The quantitative estimate of drug-likeness (QED) is 0.490. The predicted octanol–water partition coefficient (Wildman–Crippen LogP) is 7.37. The van der Waals surface area contributed by atoms with E-state index in [0.717, 1.165) is 56.9 Å². The Balaban J connectivity index is 1.36. The Bertz CT molecular complexity index is 971. The highest BCUT2D eigenvalue weighted by Gasteiger charge is 2.29. The number of rotatable bonds is 6. The van der Waals surface area contributed by atoms with E-state index in [4.69, 9.17) is 4.74 Å². The predicted molar refractivity (Wildman–Crippen MR) is 125 cm³/mol. The smallest absolute Gasteiger partial charge is 0.165 e. The van der Waals surface area contributed by atoms with Gasteiger partial charge in [-0.2, -0.15) is 0 Å². The molecule has 0 atom stereocenters. The number of aliphatic hydroxyl groups is 1. The van der Waals surface area contributed by atoms with Crippen molar-refractivity contribution in [1.29, 1.82) is 0 Å². The van der Waals surface area contributed by atoms with Crippen molar-refractivity contribution in [2.45, 2.75) is 63.2 Å². The molecule has 2 nitrogen and oxygen atoms in total. The molecule has 0 amide bonds. The minimum absolute atomic E-state index is 0.0294. The summed E-state index contributed by atoms with van der Waals surface area (Å²) in [5, 5.41) is 9.31. The van der Waals surface area contributed by atoms with Crippen LogP contribution >= 0.6 is 0 Å². The van der Waals surface area contributed by atoms with Gasteiger partial charge in [0.15, 0.2) is 23.2 Å². The maximum atomic E-state index is 15.0. The number of ether oxygens (including phenoxy) is 1. The molecule has 0 radical (unpaired) electrons. The molecule has 2 aliphatic rings. The highest BCUT2D eigenvalue weighted by Crippen LogP contribution is 2.41. The molecule has 0 unspecified atom stereocenters. The van der Waals surface area contributed by atoms with E-state index in [0.29, 0.717) is 23.0 Å². The second-order valence-corrected chi connectivity index (χ2v) is 9.64. The summed E-state index contributed by atoms with van der Waals surface area (Å²) in [7, 11) is 1.44. The van der Waals surface area contributed by atoms with E-state index in [1.807, 2.05) is 12.1 Å². The van der Waals surface area contributed by atoms with Gasteiger partial charge in [0.25, 0.3) is 0 Å². The van der Waals surface area contributed by atoms with Crippen LogP contribution in [0.25, 0.3) is 6.08 Å². The summed E-state index contributed by atoms with van der Waals surface area (Å²) in [6.07, 6.45) is 10.8. The van der Waals surface area contributed by atoms with Gasteiger partial charge in [0.05, 0.1) is 7.11 Å². The summed E-state index contributed by atoms with van der Waals surface area (Å²) < 4.78 is 48.8. The molecule has 1 N–H and O–H groups in total. The first kappa shape index (κ1) is 23.9. The Hall–Kier alpha value is -2.27. The topological polar surface area (TPSA) is 29.5 Å². The summed E-state index contributed by atoms with van der Waals surface area (Å²) in [6, 6.07) is 8.48. The van der Waals surface area contributed by atoms with E-state index in [-0.39, 0.29) is 30.0 Å². The van der Waals surface area contributed by atoms with Crippen LogP contribution in [-0.4, -0.2) is 18.8 Å². The van der Waals surface area contributed by atoms with Gasteiger partial charge in [-0.1, -0.05) is 30.4 Å². The van der Waals surface area contributed by atoms with Crippen molar-refractivity contribution in [2.24, 2.45) is 11.8 Å². The molecule has 0 aromatic heterocycles. The first-order valence-corrected chi connectivity index (χ1v) is 12.1. The molecule has 0 spiro atoms. The first-order chi connectivity index (χ1) is 16.0. The molecule has 2 aliphatic carbocycles. The molecule has 2 fully saturated rings. The van der Waals surface area contributed by atoms with Crippen molar-refractivity contribution < 1.29 is 23.0 Å². The van der Waals surface area contributed by atoms with Crippen LogP contribution in [-0.2, 0) is 0 Å². The summed E-state index contributed by atoms with van der Waals surface area (Å²) in [4.78, 5) is 0. The minimum atomic E-state index is -0.677. The van der Waals surface area contributed by atoms with Crippen molar-refractivity contribution in [1.82, 2.24) is 0 Å². The van der Waals surface area contributed by atoms with Crippen molar-refractivity contribution >= 4 is 6.08 Å². The zero-order valence-electron chi connectivity index (χ0n) is 19.2. The summed E-state index contributed by atoms with van der Waals surface area (Å²) >= 11 is 0. The molecule has 33 heavy (non-hydrogen) atoms. The SMILES string of the molecule is COc1ccc(C=CC2CCC(c3ccc(C4CCC(CO)CC4)c(F)c3F)CC2)cc1F. The first-order valence-electron chi connectivity index (χ1n) is 12.1. The number of aliphatic hydroxyl groups excluding tert-OH is 1. The van der Waals surface area contributed by atoms with Crippen molar-refractivity contribution in [3.63, 3.8) is 0 Å². The number of benzene rings is 2. The third kappa shape index (κ3) is 5.46. The fraction of sp³-hybridized carbons (Fsp3) is 0.500. The molecular weight excluding hydrogens is 425 g/mol. The van der Waals surface area contributed by atoms with Crippen LogP contribution in [0.4, 0.5) is 13.2 Å². The van der Waals surface area contributed by atoms with Crippen molar-refractivity contribution in [2.75, 3.05) is 13.7 Å². The molecule has 178 valence electrons. The van der Waals surface area contributed by atoms with E-state index < -0.39 is 11.6 Å². The lowest BCUT2D eigenvalue weighted by Crippen LogP contribution is -2.18. The van der Waals surface area contributed by atoms with Crippen LogP contribution in [0.5, 0.6) is 5.75 Å². The Morgan fingerprint density at radius 2 is 1.42 bits per heavy atom. The van der Waals surface area contributed by atoms with Gasteiger partial charge < -0.3 is 9.84 Å². The van der Waals surface area contributed by atoms with Gasteiger partial charge in [-0.25, -0.2) is 13.2 Å². The Morgan fingerprint density at radius 1 is 0.848 bits per heavy atom. The third-order valence-corrected chi connectivity index (χ3v) is 7.64. The zero-order chi connectivity index (χ0) is 23.4. The van der Waals surface area contributed by atoms with Crippen molar-refractivity contribution in [3.8, 4) is 5.75 Å². The fourth-order valence-corrected chi connectivity index (χ4v) is 5.52. The third-order valence-electron chi connectivity index (χ3n) is 7.64. The lowest BCUT2D eigenvalue weighted by atomic mass is 9.76. The fourth-order valence-electron chi connectivity index (χ4n) is 5.52. The molecule has 0 heterocycles. The normalized spacial score (nSPS) is 26.0. The molecule has 4 rings (SSSR count). The van der Waals surface area contributed by atoms with Crippen LogP contribution in [0.3, 0.4) is 0 Å². The molecule has 0 aliphatic heterocycles. The highest BCUT2D eigenvalue weighted by molar-refractivity contribution is 5.51. The van der Waals surface area contributed by atoms with Gasteiger partial charge in [0.1, 0.15) is 0 Å². The van der Waals surface area contributed by atoms with Gasteiger partial charge in [-0.3, -0.25) is 0 Å². The van der Waals surface area contributed by atoms with Gasteiger partial charge in [-0.15, -0.1) is 0 Å². The van der Waals surface area contributed by atoms with Gasteiger partial charge in [-0.05, 0) is 104 Å². The second-order valence-electron chi connectivity index (χ2n) is 9.64. The van der Waals surface area contributed by atoms with E-state index in [2.05, 4.69) is 6.08 Å². The second kappa shape index (κ2) is 10.8. The van der Waals surface area contributed by atoms with Crippen LogP contribution in [0, 0.1) is 29.3 Å². The largest absolute Gasteiger partial charge is 0.494 e. The van der Waals surface area contributed by atoms with Gasteiger partial charge in [0, 0.05) is 6.61 Å². The Kier molecular flexibility index (Phi) is 7.79. The zero-order valence-corrected chi connectivity index (χ0v) is 19.2. The summed E-state index contributed by atoms with van der Waals surface area (Å²) in [6.45, 7) is 0.178. The van der Waals surface area contributed by atoms with Crippen LogP contribution in [0.2, 0.25) is 0 Å². The lowest BCUT2D eigenvalue weighted by molar-refractivity contribution is 0.181. The molecule has 2 saturated carbocycles. The lowest BCUT2D eigenvalue weighted by Gasteiger charge is -2.30. The van der Waals surface area contributed by atoms with Crippen LogP contribution in [0.15, 0.2) is 36.4 Å². The van der Waals surface area contributed by atoms with Crippen molar-refractivity contribution in [3.05, 3.63) is 70.5 Å². The molecule has 2 aromatic rings. The minimum Gasteiger partial charge on any atom is -0.494 e. The number of methoxy groups -OCH3 is 1. The van der Waals surface area contributed by atoms with E-state index >= 15 is 4.39 Å². The Labute approximate surface area is 194 Å². The molecule has 5 heteroatoms. The average Bonchev–Trinajstić information content (AvgIpc) is 2.85. The number of halogens is 3. The summed E-state index contributed by atoms with van der Waals surface area (Å²) in [5.74, 6) is -0.798. The molecule has 2 aromatic carbocycles. The van der Waals surface area contributed by atoms with Crippen LogP contribution < -0.4 is 4.74 Å². The number of hydrogen-bond donors (Lipinski definition) is 1. The van der Waals surface area contributed by atoms with E-state index in [9.17, 15) is 13.9 Å². The molecule has 0 saturated heterocycles. The molecular formula is C28H33F3O2. The standard InChI is InChI=1S/C28H33F3O2/c1-33-26-15-8-19(16-25(26)29)3-2-18-4-9-21(10-5-18)23-13-14-24(28(31)27(23)30)22-11-6-20(17-32)7-12-22/h2-3,8,13-16,18,20-22,32H,4-7,9-12,17H2,1H3. The maximum absolute atomic E-state index is 15.0. The van der Waals surface area contributed by atoms with E-state index in [1.54, 1.807) is 18.2 Å². The summed E-state index contributed by atoms with van der Waals surface area (Å²) in [5.41, 5.74) is 1.78. The maximum Gasteiger partial charge on any atom is 0.165 e. The monoisotopic (exact) mass is 458 g/mol. The Morgan fingerprint density at radius 3 is 1.94 bits per heavy atom. The number of allylic oxidation sites excluding steroid dienone is 1. The molecule has 0 bridgehead atoms.